The summed E-state index contributed by atoms with van der Waals surface area (Å²) in [5.74, 6) is 1.35. The van der Waals surface area contributed by atoms with Crippen molar-refractivity contribution in [3.63, 3.8) is 0 Å². The molecule has 1 fully saturated rings. The lowest BCUT2D eigenvalue weighted by atomic mass is 10.2. The zero-order valence-electron chi connectivity index (χ0n) is 12.2. The average Bonchev–Trinajstić information content (AvgIpc) is 3.17. The fraction of sp³-hybridized carbons (Fsp3) is 0.429. The topological polar surface area (TPSA) is 102 Å². The number of amides is 1. The van der Waals surface area contributed by atoms with Gasteiger partial charge in [-0.2, -0.15) is 0 Å². The van der Waals surface area contributed by atoms with Crippen LogP contribution in [0.4, 0.5) is 11.8 Å². The van der Waals surface area contributed by atoms with Gasteiger partial charge >= 0.3 is 0 Å². The van der Waals surface area contributed by atoms with Crippen molar-refractivity contribution in [2.75, 3.05) is 18.5 Å². The summed E-state index contributed by atoms with van der Waals surface area (Å²) in [4.78, 5) is 20.2. The Kier molecular flexibility index (Phi) is 4.29. The van der Waals surface area contributed by atoms with Gasteiger partial charge < -0.3 is 19.9 Å². The predicted octanol–water partition coefficient (Wildman–Crippen LogP) is 1.43. The van der Waals surface area contributed by atoms with Crippen LogP contribution >= 0.6 is 0 Å². The molecule has 1 atom stereocenters. The molecule has 3 heterocycles. The van der Waals surface area contributed by atoms with Gasteiger partial charge in [-0.05, 0) is 19.8 Å². The Hall–Kier alpha value is -2.48. The van der Waals surface area contributed by atoms with E-state index < -0.39 is 0 Å². The number of nitrogens with zero attached hydrogens (tertiary/aromatic N) is 3. The van der Waals surface area contributed by atoms with E-state index in [4.69, 9.17) is 9.26 Å². The summed E-state index contributed by atoms with van der Waals surface area (Å²) < 4.78 is 10.4. The minimum absolute atomic E-state index is 0.112. The van der Waals surface area contributed by atoms with Crippen LogP contribution in [0.15, 0.2) is 23.0 Å². The molecule has 3 rings (SSSR count). The Bertz CT molecular complexity index is 634. The summed E-state index contributed by atoms with van der Waals surface area (Å²) in [6, 6.07) is 1.73. The highest BCUT2D eigenvalue weighted by molar-refractivity contribution is 5.93. The molecule has 0 aliphatic carbocycles. The predicted molar refractivity (Wildman–Crippen MR) is 77.9 cm³/mol. The molecule has 22 heavy (non-hydrogen) atoms. The molecule has 2 aromatic rings. The van der Waals surface area contributed by atoms with E-state index in [1.165, 1.54) is 12.4 Å². The van der Waals surface area contributed by atoms with E-state index in [2.05, 4.69) is 25.8 Å². The summed E-state index contributed by atoms with van der Waals surface area (Å²) in [5.41, 5.74) is 0.403. The molecule has 1 aliphatic rings. The summed E-state index contributed by atoms with van der Waals surface area (Å²) >= 11 is 0. The van der Waals surface area contributed by atoms with Crippen LogP contribution in [0.5, 0.6) is 0 Å². The van der Waals surface area contributed by atoms with Crippen LogP contribution in [0.2, 0.25) is 0 Å². The molecule has 8 nitrogen and oxygen atoms in total. The van der Waals surface area contributed by atoms with Crippen LogP contribution in [0.1, 0.15) is 29.0 Å². The van der Waals surface area contributed by atoms with Gasteiger partial charge in [0.2, 0.25) is 5.95 Å². The van der Waals surface area contributed by atoms with Gasteiger partial charge in [0.25, 0.3) is 5.91 Å². The maximum absolute atomic E-state index is 12.0. The second-order valence-corrected chi connectivity index (χ2v) is 5.09. The zero-order chi connectivity index (χ0) is 15.4. The lowest BCUT2D eigenvalue weighted by Crippen LogP contribution is -2.31. The third-order valence-corrected chi connectivity index (χ3v) is 3.30. The molecule has 0 spiro atoms. The van der Waals surface area contributed by atoms with Crippen molar-refractivity contribution in [2.45, 2.75) is 25.9 Å². The molecular formula is C14H17N5O3. The zero-order valence-corrected chi connectivity index (χ0v) is 12.2. The molecule has 1 unspecified atom stereocenters. The highest BCUT2D eigenvalue weighted by Crippen LogP contribution is 2.13. The minimum atomic E-state index is -0.209. The van der Waals surface area contributed by atoms with Crippen molar-refractivity contribution < 1.29 is 14.1 Å². The molecule has 0 radical (unpaired) electrons. The third-order valence-electron chi connectivity index (χ3n) is 3.30. The number of aryl methyl sites for hydroxylation is 1. The lowest BCUT2D eigenvalue weighted by molar-refractivity contribution is 0.0857. The van der Waals surface area contributed by atoms with Crippen molar-refractivity contribution in [1.29, 1.82) is 0 Å². The van der Waals surface area contributed by atoms with E-state index in [0.717, 1.165) is 19.4 Å². The molecule has 1 aliphatic heterocycles. The normalized spacial score (nSPS) is 17.4. The number of rotatable bonds is 5. The van der Waals surface area contributed by atoms with Crippen molar-refractivity contribution in [2.24, 2.45) is 0 Å². The molecule has 1 amide bonds. The van der Waals surface area contributed by atoms with Crippen LogP contribution in [0.3, 0.4) is 0 Å². The summed E-state index contributed by atoms with van der Waals surface area (Å²) in [6.45, 7) is 3.07. The number of carbonyl (C=O) groups excluding carboxylic acids is 1. The maximum Gasteiger partial charge on any atom is 0.254 e. The molecule has 2 N–H and O–H groups in total. The summed E-state index contributed by atoms with van der Waals surface area (Å²) in [5, 5.41) is 9.49. The molecule has 0 aromatic carbocycles. The molecule has 2 aromatic heterocycles. The van der Waals surface area contributed by atoms with Gasteiger partial charge in [0.1, 0.15) is 5.76 Å². The van der Waals surface area contributed by atoms with E-state index in [9.17, 15) is 4.79 Å². The van der Waals surface area contributed by atoms with Gasteiger partial charge in [0.05, 0.1) is 11.7 Å². The molecule has 116 valence electrons. The number of ether oxygens (including phenoxy) is 1. The Morgan fingerprint density at radius 3 is 2.86 bits per heavy atom. The van der Waals surface area contributed by atoms with Crippen molar-refractivity contribution in [1.82, 2.24) is 20.4 Å². The standard InChI is InChI=1S/C14H17N5O3/c1-9-5-12(19-22-9)18-14-16-6-10(7-17-14)13(20)15-8-11-3-2-4-21-11/h5-7,11H,2-4,8H2,1H3,(H,15,20)(H,16,17,18,19). The monoisotopic (exact) mass is 303 g/mol. The van der Waals surface area contributed by atoms with E-state index in [1.54, 1.807) is 13.0 Å². The number of hydrogen-bond acceptors (Lipinski definition) is 7. The van der Waals surface area contributed by atoms with Crippen LogP contribution in [-0.2, 0) is 4.74 Å². The number of nitrogens with one attached hydrogen (secondary N) is 2. The van der Waals surface area contributed by atoms with E-state index >= 15 is 0 Å². The first-order chi connectivity index (χ1) is 10.7. The van der Waals surface area contributed by atoms with Crippen LogP contribution < -0.4 is 10.6 Å². The number of anilines is 2. The average molecular weight is 303 g/mol. The molecule has 0 saturated carbocycles. The quantitative estimate of drug-likeness (QED) is 0.861. The largest absolute Gasteiger partial charge is 0.376 e. The Balaban J connectivity index is 1.54. The van der Waals surface area contributed by atoms with Gasteiger partial charge in [0.15, 0.2) is 5.82 Å². The first-order valence-electron chi connectivity index (χ1n) is 7.13. The second-order valence-electron chi connectivity index (χ2n) is 5.09. The van der Waals surface area contributed by atoms with Crippen molar-refractivity contribution >= 4 is 17.7 Å². The highest BCUT2D eigenvalue weighted by Gasteiger charge is 2.17. The van der Waals surface area contributed by atoms with E-state index in [-0.39, 0.29) is 12.0 Å². The van der Waals surface area contributed by atoms with Gasteiger partial charge in [0, 0.05) is 31.6 Å². The third kappa shape index (κ3) is 3.59. The Morgan fingerprint density at radius 2 is 2.23 bits per heavy atom. The smallest absolute Gasteiger partial charge is 0.254 e. The summed E-state index contributed by atoms with van der Waals surface area (Å²) in [7, 11) is 0. The molecule has 0 bridgehead atoms. The molecular weight excluding hydrogens is 286 g/mol. The van der Waals surface area contributed by atoms with Gasteiger partial charge in [-0.3, -0.25) is 4.79 Å². The SMILES string of the molecule is Cc1cc(Nc2ncc(C(=O)NCC3CCCO3)cn2)no1. The Morgan fingerprint density at radius 1 is 1.41 bits per heavy atom. The van der Waals surface area contributed by atoms with Crippen LogP contribution in [0.25, 0.3) is 0 Å². The summed E-state index contributed by atoms with van der Waals surface area (Å²) in [6.07, 6.45) is 5.07. The fourth-order valence-electron chi connectivity index (χ4n) is 2.16. The fourth-order valence-corrected chi connectivity index (χ4v) is 2.16. The first kappa shape index (κ1) is 14.5. The maximum atomic E-state index is 12.0. The first-order valence-corrected chi connectivity index (χ1v) is 7.13. The lowest BCUT2D eigenvalue weighted by Gasteiger charge is -2.10. The Labute approximate surface area is 127 Å². The van der Waals surface area contributed by atoms with E-state index in [0.29, 0.717) is 29.6 Å². The van der Waals surface area contributed by atoms with Gasteiger partial charge in [-0.15, -0.1) is 0 Å². The van der Waals surface area contributed by atoms with Crippen molar-refractivity contribution in [3.05, 3.63) is 29.8 Å². The highest BCUT2D eigenvalue weighted by atomic mass is 16.5. The minimum Gasteiger partial charge on any atom is -0.376 e. The van der Waals surface area contributed by atoms with Gasteiger partial charge in [-0.25, -0.2) is 9.97 Å². The van der Waals surface area contributed by atoms with Crippen LogP contribution in [-0.4, -0.2) is 40.3 Å². The molecule has 1 saturated heterocycles. The van der Waals surface area contributed by atoms with Gasteiger partial charge in [-0.1, -0.05) is 5.16 Å². The van der Waals surface area contributed by atoms with Crippen LogP contribution in [0, 0.1) is 6.92 Å². The van der Waals surface area contributed by atoms with Crippen molar-refractivity contribution in [3.8, 4) is 0 Å². The number of hydrogen-bond donors (Lipinski definition) is 2. The van der Waals surface area contributed by atoms with E-state index in [1.807, 2.05) is 0 Å². The number of carbonyl (C=O) groups is 1. The molecule has 8 heteroatoms. The number of aromatic nitrogens is 3. The second kappa shape index (κ2) is 6.52.